The number of carbonyl (C=O) groups excluding carboxylic acids is 3. The van der Waals surface area contributed by atoms with E-state index in [1.54, 1.807) is 0 Å². The summed E-state index contributed by atoms with van der Waals surface area (Å²) in [6.07, 6.45) is -0.978. The number of ketones is 1. The standard InChI is InChI=1S/C5H8N2O4/c6-4(9)1-3(8)2-5(10)11-7/h1-2,7H2,(H2,6,9). The van der Waals surface area contributed by atoms with E-state index in [0.29, 0.717) is 0 Å². The molecule has 0 aliphatic heterocycles. The number of hydrogen-bond acceptors (Lipinski definition) is 5. The molecule has 0 fully saturated rings. The Morgan fingerprint density at radius 1 is 1.18 bits per heavy atom. The van der Waals surface area contributed by atoms with Crippen molar-refractivity contribution >= 4 is 17.7 Å². The molecule has 0 aromatic carbocycles. The van der Waals surface area contributed by atoms with Gasteiger partial charge in [-0.15, -0.1) is 0 Å². The van der Waals surface area contributed by atoms with Gasteiger partial charge in [-0.25, -0.2) is 4.79 Å². The molecule has 0 saturated carbocycles. The second-order valence-electron chi connectivity index (χ2n) is 1.85. The first kappa shape index (κ1) is 9.57. The molecule has 0 bridgehead atoms. The summed E-state index contributed by atoms with van der Waals surface area (Å²) in [4.78, 5) is 34.6. The lowest BCUT2D eigenvalue weighted by atomic mass is 10.2. The van der Waals surface area contributed by atoms with Crippen molar-refractivity contribution < 1.29 is 19.2 Å². The molecule has 6 heteroatoms. The Balaban J connectivity index is 3.70. The fraction of sp³-hybridized carbons (Fsp3) is 0.400. The van der Waals surface area contributed by atoms with Crippen LogP contribution < -0.4 is 11.6 Å². The average Bonchev–Trinajstić information content (AvgIpc) is 1.85. The molecule has 11 heavy (non-hydrogen) atoms. The summed E-state index contributed by atoms with van der Waals surface area (Å²) in [5, 5.41) is 0. The van der Waals surface area contributed by atoms with Crippen LogP contribution in [0, 0.1) is 0 Å². The summed E-state index contributed by atoms with van der Waals surface area (Å²) in [5.74, 6) is 2.17. The van der Waals surface area contributed by atoms with Crippen molar-refractivity contribution in [3.05, 3.63) is 0 Å². The van der Waals surface area contributed by atoms with Crippen LogP contribution in [0.2, 0.25) is 0 Å². The first-order chi connectivity index (χ1) is 5.06. The third-order valence-corrected chi connectivity index (χ3v) is 0.844. The largest absolute Gasteiger partial charge is 0.373 e. The highest BCUT2D eigenvalue weighted by atomic mass is 16.7. The highest BCUT2D eigenvalue weighted by Crippen LogP contribution is 1.89. The molecule has 0 atom stereocenters. The van der Waals surface area contributed by atoms with Crippen molar-refractivity contribution in [3.8, 4) is 0 Å². The van der Waals surface area contributed by atoms with Crippen LogP contribution in [0.3, 0.4) is 0 Å². The van der Waals surface area contributed by atoms with E-state index in [-0.39, 0.29) is 0 Å². The molecule has 0 aliphatic rings. The Labute approximate surface area is 62.4 Å². The summed E-state index contributed by atoms with van der Waals surface area (Å²) >= 11 is 0. The minimum atomic E-state index is -0.878. The average molecular weight is 160 g/mol. The topological polar surface area (TPSA) is 112 Å². The second kappa shape index (κ2) is 4.40. The van der Waals surface area contributed by atoms with E-state index < -0.39 is 30.5 Å². The molecule has 0 radical (unpaired) electrons. The SMILES string of the molecule is NOC(=O)CC(=O)CC(N)=O. The molecule has 0 rings (SSSR count). The van der Waals surface area contributed by atoms with Crippen LogP contribution in [0.1, 0.15) is 12.8 Å². The van der Waals surface area contributed by atoms with Gasteiger partial charge in [-0.05, 0) is 0 Å². The monoisotopic (exact) mass is 160 g/mol. The van der Waals surface area contributed by atoms with Gasteiger partial charge in [0, 0.05) is 0 Å². The normalized spacial score (nSPS) is 8.82. The number of rotatable bonds is 4. The number of carbonyl (C=O) groups is 3. The van der Waals surface area contributed by atoms with E-state index in [1.807, 2.05) is 0 Å². The Hall–Kier alpha value is -1.43. The smallest absolute Gasteiger partial charge is 0.331 e. The van der Waals surface area contributed by atoms with Crippen LogP contribution in [0.4, 0.5) is 0 Å². The Kier molecular flexibility index (Phi) is 3.82. The Morgan fingerprint density at radius 3 is 2.09 bits per heavy atom. The van der Waals surface area contributed by atoms with Gasteiger partial charge in [0.2, 0.25) is 5.91 Å². The van der Waals surface area contributed by atoms with Gasteiger partial charge in [0.05, 0.1) is 6.42 Å². The maximum atomic E-state index is 10.6. The first-order valence-corrected chi connectivity index (χ1v) is 2.76. The van der Waals surface area contributed by atoms with Crippen LogP contribution in [0.25, 0.3) is 0 Å². The van der Waals surface area contributed by atoms with Crippen LogP contribution in [-0.2, 0) is 19.2 Å². The molecule has 6 nitrogen and oxygen atoms in total. The molecular formula is C5H8N2O4. The number of amides is 1. The zero-order valence-electron chi connectivity index (χ0n) is 5.70. The molecule has 0 aliphatic carbocycles. The minimum absolute atomic E-state index is 0.463. The number of Topliss-reactive ketones (excluding diaryl/α,β-unsaturated/α-hetero) is 1. The van der Waals surface area contributed by atoms with E-state index in [2.05, 4.69) is 16.5 Å². The van der Waals surface area contributed by atoms with Crippen LogP contribution in [-0.4, -0.2) is 17.7 Å². The maximum absolute atomic E-state index is 10.6. The molecule has 4 N–H and O–H groups in total. The van der Waals surface area contributed by atoms with Gasteiger partial charge in [0.1, 0.15) is 6.42 Å². The van der Waals surface area contributed by atoms with Gasteiger partial charge >= 0.3 is 5.97 Å². The predicted octanol–water partition coefficient (Wildman–Crippen LogP) is -1.76. The second-order valence-corrected chi connectivity index (χ2v) is 1.85. The fourth-order valence-electron chi connectivity index (χ4n) is 0.459. The van der Waals surface area contributed by atoms with Crippen LogP contribution >= 0.6 is 0 Å². The van der Waals surface area contributed by atoms with E-state index in [1.165, 1.54) is 0 Å². The highest BCUT2D eigenvalue weighted by molar-refractivity contribution is 6.04. The molecular weight excluding hydrogens is 152 g/mol. The Morgan fingerprint density at radius 2 is 1.73 bits per heavy atom. The third kappa shape index (κ3) is 5.04. The van der Waals surface area contributed by atoms with Gasteiger partial charge in [-0.3, -0.25) is 9.59 Å². The summed E-state index contributed by atoms with van der Waals surface area (Å²) < 4.78 is 0. The number of primary amides is 1. The molecule has 1 amide bonds. The molecule has 62 valence electrons. The number of hydrogen-bond donors (Lipinski definition) is 2. The lowest BCUT2D eigenvalue weighted by molar-refractivity contribution is -0.146. The first-order valence-electron chi connectivity index (χ1n) is 2.76. The van der Waals surface area contributed by atoms with Crippen LogP contribution in [0.15, 0.2) is 0 Å². The van der Waals surface area contributed by atoms with E-state index >= 15 is 0 Å². The zero-order valence-corrected chi connectivity index (χ0v) is 5.70. The fourth-order valence-corrected chi connectivity index (χ4v) is 0.459. The van der Waals surface area contributed by atoms with E-state index in [4.69, 9.17) is 0 Å². The quantitative estimate of drug-likeness (QED) is 0.373. The van der Waals surface area contributed by atoms with Crippen molar-refractivity contribution in [2.75, 3.05) is 0 Å². The van der Waals surface area contributed by atoms with Crippen molar-refractivity contribution in [2.45, 2.75) is 12.8 Å². The summed E-state index contributed by atoms with van der Waals surface area (Å²) in [5.41, 5.74) is 4.67. The maximum Gasteiger partial charge on any atom is 0.331 e. The summed E-state index contributed by atoms with van der Waals surface area (Å²) in [6.45, 7) is 0. The molecule has 0 aromatic rings. The van der Waals surface area contributed by atoms with Crippen LogP contribution in [0.5, 0.6) is 0 Å². The number of nitrogens with two attached hydrogens (primary N) is 2. The van der Waals surface area contributed by atoms with Gasteiger partial charge in [0.25, 0.3) is 0 Å². The molecule has 0 spiro atoms. The lowest BCUT2D eigenvalue weighted by Gasteiger charge is -1.94. The summed E-state index contributed by atoms with van der Waals surface area (Å²) in [7, 11) is 0. The molecule has 0 unspecified atom stereocenters. The lowest BCUT2D eigenvalue weighted by Crippen LogP contribution is -2.20. The van der Waals surface area contributed by atoms with E-state index in [0.717, 1.165) is 0 Å². The summed E-state index contributed by atoms with van der Waals surface area (Å²) in [6, 6.07) is 0. The Bertz CT molecular complexity index is 189. The van der Waals surface area contributed by atoms with Crippen molar-refractivity contribution in [2.24, 2.45) is 11.6 Å². The zero-order chi connectivity index (χ0) is 8.85. The molecule has 0 aromatic heterocycles. The van der Waals surface area contributed by atoms with Crippen molar-refractivity contribution in [1.29, 1.82) is 0 Å². The molecule has 0 heterocycles. The van der Waals surface area contributed by atoms with Gasteiger partial charge < -0.3 is 10.6 Å². The van der Waals surface area contributed by atoms with E-state index in [9.17, 15) is 14.4 Å². The predicted molar refractivity (Wildman–Crippen MR) is 33.7 cm³/mol. The highest BCUT2D eigenvalue weighted by Gasteiger charge is 2.11. The van der Waals surface area contributed by atoms with Gasteiger partial charge in [0.15, 0.2) is 5.78 Å². The molecule has 0 saturated heterocycles. The third-order valence-electron chi connectivity index (χ3n) is 0.844. The van der Waals surface area contributed by atoms with Gasteiger partial charge in [-0.2, -0.15) is 5.90 Å². The minimum Gasteiger partial charge on any atom is -0.373 e. The van der Waals surface area contributed by atoms with Crippen molar-refractivity contribution in [1.82, 2.24) is 0 Å². The van der Waals surface area contributed by atoms with Gasteiger partial charge in [-0.1, -0.05) is 0 Å². The van der Waals surface area contributed by atoms with Crippen molar-refractivity contribution in [3.63, 3.8) is 0 Å².